The van der Waals surface area contributed by atoms with E-state index in [2.05, 4.69) is 41.0 Å². The van der Waals surface area contributed by atoms with E-state index in [1.807, 2.05) is 36.4 Å². The van der Waals surface area contributed by atoms with Gasteiger partial charge >= 0.3 is 0 Å². The number of carbonyl (C=O) groups excluding carboxylic acids is 1. The molecule has 10 nitrogen and oxygen atoms in total. The molecule has 3 aromatic heterocycles. The molecule has 4 aromatic rings. The number of carbonyl (C=O) groups is 1. The Balaban J connectivity index is 1.39. The average Bonchev–Trinajstić information content (AvgIpc) is 3.35. The maximum atomic E-state index is 12.2. The topological polar surface area (TPSA) is 127 Å². The second-order valence-electron chi connectivity index (χ2n) is 5.38. The summed E-state index contributed by atoms with van der Waals surface area (Å²) in [7, 11) is 0. The molecule has 0 aliphatic heterocycles. The molecular weight excluding hydrogens is 334 g/mol. The summed E-state index contributed by atoms with van der Waals surface area (Å²) in [5.74, 6) is 0.566. The molecule has 0 spiro atoms. The normalized spacial score (nSPS) is 10.6. The largest absolute Gasteiger partial charge is 0.306 e. The monoisotopic (exact) mass is 347 g/mol. The summed E-state index contributed by atoms with van der Waals surface area (Å²) in [4.78, 5) is 19.3. The van der Waals surface area contributed by atoms with Crippen molar-refractivity contribution in [1.29, 1.82) is 0 Å². The van der Waals surface area contributed by atoms with Crippen molar-refractivity contribution in [3.8, 4) is 17.2 Å². The van der Waals surface area contributed by atoms with Crippen LogP contribution < -0.4 is 5.32 Å². The molecule has 0 fully saturated rings. The highest BCUT2D eigenvalue weighted by Gasteiger charge is 2.10. The fourth-order valence-corrected chi connectivity index (χ4v) is 2.34. The van der Waals surface area contributed by atoms with E-state index in [9.17, 15) is 4.79 Å². The first kappa shape index (κ1) is 15.6. The summed E-state index contributed by atoms with van der Waals surface area (Å²) >= 11 is 0. The zero-order chi connectivity index (χ0) is 17.8. The van der Waals surface area contributed by atoms with Crippen molar-refractivity contribution in [2.24, 2.45) is 0 Å². The van der Waals surface area contributed by atoms with Gasteiger partial charge in [-0.1, -0.05) is 18.2 Å². The quantitative estimate of drug-likeness (QED) is 0.552. The predicted octanol–water partition coefficient (Wildman–Crippen LogP) is 1.02. The van der Waals surface area contributed by atoms with Gasteiger partial charge in [0, 0.05) is 6.20 Å². The molecule has 1 aromatic carbocycles. The first-order valence-corrected chi connectivity index (χ1v) is 7.74. The van der Waals surface area contributed by atoms with Crippen LogP contribution in [0.5, 0.6) is 0 Å². The summed E-state index contributed by atoms with van der Waals surface area (Å²) in [5, 5.41) is 21.6. The van der Waals surface area contributed by atoms with Crippen LogP contribution in [0.15, 0.2) is 55.0 Å². The van der Waals surface area contributed by atoms with Gasteiger partial charge in [0.1, 0.15) is 12.0 Å². The second-order valence-corrected chi connectivity index (χ2v) is 5.38. The minimum absolute atomic E-state index is 0.204. The fraction of sp³-hybridized carbons (Fsp3) is 0.0625. The van der Waals surface area contributed by atoms with Crippen molar-refractivity contribution in [2.45, 2.75) is 6.42 Å². The molecule has 0 saturated carbocycles. The number of hydrogen-bond donors (Lipinski definition) is 2. The number of amides is 1. The van der Waals surface area contributed by atoms with E-state index in [1.165, 1.54) is 11.0 Å². The number of hydrogen-bond acceptors (Lipinski definition) is 7. The van der Waals surface area contributed by atoms with Gasteiger partial charge in [0.25, 0.3) is 0 Å². The van der Waals surface area contributed by atoms with Crippen LogP contribution >= 0.6 is 0 Å². The molecule has 26 heavy (non-hydrogen) atoms. The smallest absolute Gasteiger partial charge is 0.231 e. The molecule has 10 heteroatoms. The van der Waals surface area contributed by atoms with Crippen LogP contribution in [-0.4, -0.2) is 46.3 Å². The first-order chi connectivity index (χ1) is 12.8. The summed E-state index contributed by atoms with van der Waals surface area (Å²) in [6.45, 7) is 0. The number of benzene rings is 1. The molecule has 4 rings (SSSR count). The van der Waals surface area contributed by atoms with E-state index in [1.54, 1.807) is 12.3 Å². The number of anilines is 1. The lowest BCUT2D eigenvalue weighted by Crippen LogP contribution is -2.15. The zero-order valence-electron chi connectivity index (χ0n) is 13.4. The van der Waals surface area contributed by atoms with Gasteiger partial charge in [-0.3, -0.25) is 15.1 Å². The molecule has 128 valence electrons. The van der Waals surface area contributed by atoms with Crippen molar-refractivity contribution < 1.29 is 4.79 Å². The van der Waals surface area contributed by atoms with Crippen molar-refractivity contribution in [3.05, 3.63) is 60.6 Å². The molecule has 1 amide bonds. The first-order valence-electron chi connectivity index (χ1n) is 7.74. The highest BCUT2D eigenvalue weighted by molar-refractivity contribution is 5.90. The minimum atomic E-state index is -0.205. The van der Waals surface area contributed by atoms with Gasteiger partial charge in [0.2, 0.25) is 11.9 Å². The van der Waals surface area contributed by atoms with Crippen LogP contribution in [0, 0.1) is 0 Å². The third-order valence-corrected chi connectivity index (χ3v) is 3.57. The van der Waals surface area contributed by atoms with Crippen LogP contribution in [0.3, 0.4) is 0 Å². The Morgan fingerprint density at radius 2 is 2.00 bits per heavy atom. The number of aromatic amines is 1. The zero-order valence-corrected chi connectivity index (χ0v) is 13.4. The van der Waals surface area contributed by atoms with Crippen molar-refractivity contribution in [2.75, 3.05) is 5.32 Å². The molecule has 3 heterocycles. The maximum absolute atomic E-state index is 12.2. The number of pyridine rings is 1. The average molecular weight is 347 g/mol. The Kier molecular flexibility index (Phi) is 4.13. The number of tetrazole rings is 1. The number of nitrogens with one attached hydrogen (secondary N) is 2. The Labute approximate surface area is 147 Å². The summed E-state index contributed by atoms with van der Waals surface area (Å²) < 4.78 is 1.54. The van der Waals surface area contributed by atoms with E-state index in [0.29, 0.717) is 11.5 Å². The Morgan fingerprint density at radius 1 is 1.12 bits per heavy atom. The minimum Gasteiger partial charge on any atom is -0.306 e. The molecule has 0 bridgehead atoms. The number of rotatable bonds is 5. The van der Waals surface area contributed by atoms with Crippen molar-refractivity contribution in [3.63, 3.8) is 0 Å². The number of H-pyrrole nitrogens is 1. The molecule has 2 N–H and O–H groups in total. The number of aromatic nitrogens is 8. The van der Waals surface area contributed by atoms with Gasteiger partial charge in [-0.25, -0.2) is 4.68 Å². The molecule has 0 aliphatic rings. The van der Waals surface area contributed by atoms with Crippen LogP contribution in [0.2, 0.25) is 0 Å². The van der Waals surface area contributed by atoms with E-state index < -0.39 is 0 Å². The maximum Gasteiger partial charge on any atom is 0.231 e. The lowest BCUT2D eigenvalue weighted by Gasteiger charge is -2.03. The second kappa shape index (κ2) is 6.89. The molecule has 0 radical (unpaired) electrons. The van der Waals surface area contributed by atoms with E-state index in [-0.39, 0.29) is 18.3 Å². The van der Waals surface area contributed by atoms with Gasteiger partial charge in [0.05, 0.1) is 12.1 Å². The standard InChI is InChI=1S/C16H13N9O/c26-14(9-11-4-6-12(7-5-11)25-10-18-23-24-25)19-16-20-15(21-22-16)13-3-1-2-8-17-13/h1-8,10H,9H2,(H2,19,20,21,22,26). The van der Waals surface area contributed by atoms with Crippen molar-refractivity contribution >= 4 is 11.9 Å². The van der Waals surface area contributed by atoms with Crippen molar-refractivity contribution in [1.82, 2.24) is 40.4 Å². The summed E-state index contributed by atoms with van der Waals surface area (Å²) in [5.41, 5.74) is 2.32. The van der Waals surface area contributed by atoms with Crippen LogP contribution in [0.25, 0.3) is 17.2 Å². The van der Waals surface area contributed by atoms with Crippen LogP contribution in [-0.2, 0) is 11.2 Å². The fourth-order valence-electron chi connectivity index (χ4n) is 2.34. The third kappa shape index (κ3) is 3.43. The highest BCUT2D eigenvalue weighted by atomic mass is 16.1. The molecule has 0 aliphatic carbocycles. The Bertz CT molecular complexity index is 994. The SMILES string of the molecule is O=C(Cc1ccc(-n2cnnn2)cc1)Nc1nnc(-c2ccccn2)[nH]1. The highest BCUT2D eigenvalue weighted by Crippen LogP contribution is 2.13. The van der Waals surface area contributed by atoms with Gasteiger partial charge in [-0.2, -0.15) is 0 Å². The summed E-state index contributed by atoms with van der Waals surface area (Å²) in [6.07, 6.45) is 3.37. The molecule has 0 saturated heterocycles. The van der Waals surface area contributed by atoms with Gasteiger partial charge in [0.15, 0.2) is 5.82 Å². The van der Waals surface area contributed by atoms with Gasteiger partial charge < -0.3 is 4.98 Å². The lowest BCUT2D eigenvalue weighted by atomic mass is 10.1. The molecule has 0 unspecified atom stereocenters. The van der Waals surface area contributed by atoms with Crippen LogP contribution in [0.4, 0.5) is 5.95 Å². The predicted molar refractivity (Wildman–Crippen MR) is 91.1 cm³/mol. The molecular formula is C16H13N9O. The molecule has 0 atom stereocenters. The van der Waals surface area contributed by atoms with E-state index >= 15 is 0 Å². The third-order valence-electron chi connectivity index (χ3n) is 3.57. The van der Waals surface area contributed by atoms with E-state index in [4.69, 9.17) is 0 Å². The Morgan fingerprint density at radius 3 is 2.73 bits per heavy atom. The van der Waals surface area contributed by atoms with Gasteiger partial charge in [-0.05, 0) is 40.3 Å². The Hall–Kier alpha value is -3.95. The van der Waals surface area contributed by atoms with Gasteiger partial charge in [-0.15, -0.1) is 15.3 Å². The van der Waals surface area contributed by atoms with Crippen LogP contribution in [0.1, 0.15) is 5.56 Å². The number of nitrogens with zero attached hydrogens (tertiary/aromatic N) is 7. The lowest BCUT2D eigenvalue weighted by molar-refractivity contribution is -0.115. The van der Waals surface area contributed by atoms with E-state index in [0.717, 1.165) is 11.3 Å². The summed E-state index contributed by atoms with van der Waals surface area (Å²) in [6, 6.07) is 12.8.